The minimum atomic E-state index is 0.162. The summed E-state index contributed by atoms with van der Waals surface area (Å²) >= 11 is 0. The van der Waals surface area contributed by atoms with Crippen molar-refractivity contribution in [1.82, 2.24) is 0 Å². The summed E-state index contributed by atoms with van der Waals surface area (Å²) in [5, 5.41) is 0. The third kappa shape index (κ3) is 2.98. The topological polar surface area (TPSA) is 35.2 Å². The summed E-state index contributed by atoms with van der Waals surface area (Å²) in [4.78, 5) is 0. The normalized spacial score (nSPS) is 40.5. The van der Waals surface area contributed by atoms with Gasteiger partial charge in [-0.2, -0.15) is 0 Å². The predicted octanol–water partition coefficient (Wildman–Crippen LogP) is 3.10. The van der Waals surface area contributed by atoms with Gasteiger partial charge in [-0.15, -0.1) is 0 Å². The molecule has 0 amide bonds. The maximum absolute atomic E-state index is 6.11. The maximum Gasteiger partial charge on any atom is 0.0700 e. The van der Waals surface area contributed by atoms with Crippen LogP contribution in [0.5, 0.6) is 0 Å². The summed E-state index contributed by atoms with van der Waals surface area (Å²) in [5.41, 5.74) is 6.27. The summed E-state index contributed by atoms with van der Waals surface area (Å²) in [5.74, 6) is 1.69. The van der Waals surface area contributed by atoms with E-state index in [0.717, 1.165) is 31.3 Å². The molecule has 1 saturated carbocycles. The summed E-state index contributed by atoms with van der Waals surface area (Å²) in [6.07, 6.45) is 8.76. The van der Waals surface area contributed by atoms with Gasteiger partial charge in [0.15, 0.2) is 0 Å². The molecule has 3 atom stereocenters. The van der Waals surface area contributed by atoms with Crippen molar-refractivity contribution in [3.63, 3.8) is 0 Å². The van der Waals surface area contributed by atoms with Gasteiger partial charge in [-0.25, -0.2) is 0 Å². The average Bonchev–Trinajstić information content (AvgIpc) is 2.15. The van der Waals surface area contributed by atoms with Crippen LogP contribution < -0.4 is 5.73 Å². The first kappa shape index (κ1) is 12.4. The smallest absolute Gasteiger partial charge is 0.0700 e. The lowest BCUT2D eigenvalue weighted by Crippen LogP contribution is -2.47. The largest absolute Gasteiger partial charge is 0.375 e. The molecule has 0 aromatic carbocycles. The lowest BCUT2D eigenvalue weighted by molar-refractivity contribution is -0.117. The monoisotopic (exact) mass is 225 g/mol. The van der Waals surface area contributed by atoms with E-state index in [1.807, 2.05) is 0 Å². The summed E-state index contributed by atoms with van der Waals surface area (Å²) < 4.78 is 6.11. The van der Waals surface area contributed by atoms with Crippen molar-refractivity contribution in [3.8, 4) is 0 Å². The van der Waals surface area contributed by atoms with Gasteiger partial charge in [0.2, 0.25) is 0 Å². The number of nitrogens with two attached hydrogens (primary N) is 1. The van der Waals surface area contributed by atoms with Crippen LogP contribution in [0.2, 0.25) is 0 Å². The zero-order valence-electron chi connectivity index (χ0n) is 10.9. The number of hydrogen-bond acceptors (Lipinski definition) is 2. The van der Waals surface area contributed by atoms with Crippen LogP contribution in [-0.4, -0.2) is 18.2 Å². The van der Waals surface area contributed by atoms with Gasteiger partial charge < -0.3 is 10.5 Å². The van der Waals surface area contributed by atoms with Gasteiger partial charge in [0, 0.05) is 12.6 Å². The molecule has 1 aliphatic carbocycles. The zero-order valence-corrected chi connectivity index (χ0v) is 10.9. The molecule has 0 radical (unpaired) electrons. The first-order valence-corrected chi connectivity index (χ1v) is 6.99. The molecule has 16 heavy (non-hydrogen) atoms. The number of hydrogen-bond donors (Lipinski definition) is 1. The van der Waals surface area contributed by atoms with Gasteiger partial charge in [-0.1, -0.05) is 26.7 Å². The molecule has 1 aliphatic heterocycles. The van der Waals surface area contributed by atoms with Crippen molar-refractivity contribution in [3.05, 3.63) is 0 Å². The molecule has 2 heteroatoms. The third-order valence-electron chi connectivity index (χ3n) is 4.24. The Morgan fingerprint density at radius 1 is 1.31 bits per heavy atom. The second-order valence-corrected chi connectivity index (χ2v) is 6.38. The zero-order chi connectivity index (χ0) is 11.6. The van der Waals surface area contributed by atoms with Crippen LogP contribution in [0, 0.1) is 11.8 Å². The van der Waals surface area contributed by atoms with Gasteiger partial charge in [0.25, 0.3) is 0 Å². The summed E-state index contributed by atoms with van der Waals surface area (Å²) in [6.45, 7) is 5.54. The van der Waals surface area contributed by atoms with Crippen molar-refractivity contribution in [1.29, 1.82) is 0 Å². The molecule has 3 unspecified atom stereocenters. The van der Waals surface area contributed by atoms with Crippen LogP contribution in [0.15, 0.2) is 0 Å². The summed E-state index contributed by atoms with van der Waals surface area (Å²) in [6, 6.07) is 0.381. The molecule has 1 spiro atoms. The Kier molecular flexibility index (Phi) is 3.91. The van der Waals surface area contributed by atoms with Crippen molar-refractivity contribution >= 4 is 0 Å². The fourth-order valence-electron chi connectivity index (χ4n) is 3.69. The standard InChI is InChI=1S/C14H27NO/c1-11(2)8-12-4-3-6-14(9-12)10-13(15)5-7-16-14/h11-13H,3-10,15H2,1-2H3. The van der Waals surface area contributed by atoms with Crippen molar-refractivity contribution in [2.24, 2.45) is 17.6 Å². The predicted molar refractivity (Wildman–Crippen MR) is 67.3 cm³/mol. The van der Waals surface area contributed by atoms with Crippen LogP contribution in [0.25, 0.3) is 0 Å². The van der Waals surface area contributed by atoms with Gasteiger partial charge in [0.1, 0.15) is 0 Å². The van der Waals surface area contributed by atoms with E-state index in [4.69, 9.17) is 10.5 Å². The van der Waals surface area contributed by atoms with Crippen LogP contribution >= 0.6 is 0 Å². The van der Waals surface area contributed by atoms with Crippen molar-refractivity contribution < 1.29 is 4.74 Å². The molecule has 0 bridgehead atoms. The fraction of sp³-hybridized carbons (Fsp3) is 1.00. The molecule has 2 fully saturated rings. The SMILES string of the molecule is CC(C)CC1CCCC2(CC(N)CCO2)C1. The molecule has 1 heterocycles. The Bertz CT molecular complexity index is 225. The van der Waals surface area contributed by atoms with E-state index < -0.39 is 0 Å². The van der Waals surface area contributed by atoms with E-state index >= 15 is 0 Å². The lowest BCUT2D eigenvalue weighted by atomic mass is 9.71. The molecule has 94 valence electrons. The quantitative estimate of drug-likeness (QED) is 0.783. The molecule has 0 aromatic heterocycles. The minimum absolute atomic E-state index is 0.162. The van der Waals surface area contributed by atoms with Gasteiger partial charge in [-0.05, 0) is 43.9 Å². The van der Waals surface area contributed by atoms with Crippen molar-refractivity contribution in [2.45, 2.75) is 70.4 Å². The first-order valence-electron chi connectivity index (χ1n) is 6.99. The molecular formula is C14H27NO. The van der Waals surface area contributed by atoms with E-state index in [-0.39, 0.29) is 5.60 Å². The molecular weight excluding hydrogens is 198 g/mol. The maximum atomic E-state index is 6.11. The third-order valence-corrected chi connectivity index (χ3v) is 4.24. The highest BCUT2D eigenvalue weighted by Gasteiger charge is 2.40. The molecule has 2 nitrogen and oxygen atoms in total. The van der Waals surface area contributed by atoms with Crippen LogP contribution in [0.1, 0.15) is 58.8 Å². The van der Waals surface area contributed by atoms with Crippen molar-refractivity contribution in [2.75, 3.05) is 6.61 Å². The Hall–Kier alpha value is -0.0800. The van der Waals surface area contributed by atoms with E-state index in [2.05, 4.69) is 13.8 Å². The highest BCUT2D eigenvalue weighted by molar-refractivity contribution is 4.93. The molecule has 2 N–H and O–H groups in total. The second-order valence-electron chi connectivity index (χ2n) is 6.38. The Balaban J connectivity index is 1.94. The average molecular weight is 225 g/mol. The van der Waals surface area contributed by atoms with E-state index in [0.29, 0.717) is 6.04 Å². The minimum Gasteiger partial charge on any atom is -0.375 e. The first-order chi connectivity index (χ1) is 7.60. The lowest BCUT2D eigenvalue weighted by Gasteiger charge is -2.45. The van der Waals surface area contributed by atoms with Gasteiger partial charge in [-0.3, -0.25) is 0 Å². The molecule has 1 saturated heterocycles. The van der Waals surface area contributed by atoms with Crippen LogP contribution in [0.4, 0.5) is 0 Å². The van der Waals surface area contributed by atoms with Crippen LogP contribution in [0.3, 0.4) is 0 Å². The molecule has 2 rings (SSSR count). The Morgan fingerprint density at radius 2 is 2.12 bits per heavy atom. The van der Waals surface area contributed by atoms with E-state index in [9.17, 15) is 0 Å². The number of ether oxygens (including phenoxy) is 1. The van der Waals surface area contributed by atoms with E-state index in [1.165, 1.54) is 32.1 Å². The van der Waals surface area contributed by atoms with E-state index in [1.54, 1.807) is 0 Å². The summed E-state index contributed by atoms with van der Waals surface area (Å²) in [7, 11) is 0. The van der Waals surface area contributed by atoms with Gasteiger partial charge >= 0.3 is 0 Å². The molecule has 2 aliphatic rings. The second kappa shape index (κ2) is 5.05. The van der Waals surface area contributed by atoms with Crippen LogP contribution in [-0.2, 0) is 4.74 Å². The fourth-order valence-corrected chi connectivity index (χ4v) is 3.69. The number of rotatable bonds is 2. The molecule has 0 aromatic rings. The highest BCUT2D eigenvalue weighted by Crippen LogP contribution is 2.42. The van der Waals surface area contributed by atoms with Gasteiger partial charge in [0.05, 0.1) is 5.60 Å². The highest BCUT2D eigenvalue weighted by atomic mass is 16.5. The Labute approximate surface area is 99.9 Å². The Morgan fingerprint density at radius 3 is 2.81 bits per heavy atom.